The van der Waals surface area contributed by atoms with Gasteiger partial charge in [0, 0.05) is 22.6 Å². The van der Waals surface area contributed by atoms with Crippen LogP contribution in [-0.4, -0.2) is 46.3 Å². The summed E-state index contributed by atoms with van der Waals surface area (Å²) in [5, 5.41) is 25.3. The molecule has 40 heavy (non-hydrogen) atoms. The Bertz CT molecular complexity index is 1470. The number of hydrogen-bond donors (Lipinski definition) is 2. The molecule has 3 aromatic carbocycles. The average molecular weight is 565 g/mol. The van der Waals surface area contributed by atoms with Gasteiger partial charge in [-0.1, -0.05) is 42.8 Å². The Morgan fingerprint density at radius 1 is 0.975 bits per heavy atom. The normalized spacial score (nSPS) is 11.7. The Morgan fingerprint density at radius 2 is 1.77 bits per heavy atom. The van der Waals surface area contributed by atoms with E-state index in [0.717, 1.165) is 22.4 Å². The zero-order valence-corrected chi connectivity index (χ0v) is 23.5. The van der Waals surface area contributed by atoms with Crippen LogP contribution in [0.3, 0.4) is 0 Å². The van der Waals surface area contributed by atoms with Crippen molar-refractivity contribution in [1.29, 1.82) is 0 Å². The fraction of sp³-hybridized carbons (Fsp3) is 0.290. The van der Waals surface area contributed by atoms with Crippen molar-refractivity contribution in [3.8, 4) is 39.8 Å². The van der Waals surface area contributed by atoms with Gasteiger partial charge >= 0.3 is 5.97 Å². The summed E-state index contributed by atoms with van der Waals surface area (Å²) in [5.74, 6) is 0.847. The number of hydrogen-bond acceptors (Lipinski definition) is 6. The number of methoxy groups -OCH3 is 2. The van der Waals surface area contributed by atoms with Gasteiger partial charge in [-0.2, -0.15) is 5.10 Å². The van der Waals surface area contributed by atoms with Crippen LogP contribution < -0.4 is 14.2 Å². The van der Waals surface area contributed by atoms with Crippen molar-refractivity contribution in [3.63, 3.8) is 0 Å². The Kier molecular flexibility index (Phi) is 9.69. The SMILES string of the molecule is CC[C@@H](O)Cn1nc(-c2cc(CCC(=O)O)ccc2OCc2cccc(Cl)c2)cc1-c1cccc(OC)c1OC. The fourth-order valence-corrected chi connectivity index (χ4v) is 4.63. The molecule has 210 valence electrons. The van der Waals surface area contributed by atoms with Crippen LogP contribution in [-0.2, 0) is 24.4 Å². The molecule has 0 amide bonds. The average Bonchev–Trinajstić information content (AvgIpc) is 3.37. The van der Waals surface area contributed by atoms with Crippen LogP contribution in [0, 0.1) is 0 Å². The van der Waals surface area contributed by atoms with Gasteiger partial charge in [0.25, 0.3) is 0 Å². The number of halogens is 1. The van der Waals surface area contributed by atoms with E-state index in [-0.39, 0.29) is 19.6 Å². The number of ether oxygens (including phenoxy) is 3. The first-order valence-corrected chi connectivity index (χ1v) is 13.4. The van der Waals surface area contributed by atoms with Crippen molar-refractivity contribution in [2.45, 2.75) is 45.4 Å². The number of carbonyl (C=O) groups is 1. The summed E-state index contributed by atoms with van der Waals surface area (Å²) in [6.45, 7) is 2.46. The molecule has 1 heterocycles. The Hall–Kier alpha value is -4.01. The van der Waals surface area contributed by atoms with Crippen molar-refractivity contribution in [1.82, 2.24) is 9.78 Å². The summed E-state index contributed by atoms with van der Waals surface area (Å²) < 4.78 is 19.2. The number of aromatic nitrogens is 2. The molecule has 9 heteroatoms. The van der Waals surface area contributed by atoms with Crippen molar-refractivity contribution in [2.24, 2.45) is 0 Å². The number of aryl methyl sites for hydroxylation is 1. The number of carboxylic acids is 1. The van der Waals surface area contributed by atoms with E-state index in [4.69, 9.17) is 30.9 Å². The lowest BCUT2D eigenvalue weighted by Crippen LogP contribution is -2.16. The number of aliphatic hydroxyl groups is 1. The quantitative estimate of drug-likeness (QED) is 0.198. The lowest BCUT2D eigenvalue weighted by molar-refractivity contribution is -0.136. The highest BCUT2D eigenvalue weighted by Crippen LogP contribution is 2.40. The maximum Gasteiger partial charge on any atom is 0.303 e. The summed E-state index contributed by atoms with van der Waals surface area (Å²) in [6.07, 6.45) is 0.320. The van der Waals surface area contributed by atoms with Crippen LogP contribution in [0.25, 0.3) is 22.5 Å². The molecule has 0 fully saturated rings. The molecule has 4 rings (SSSR count). The van der Waals surface area contributed by atoms with Gasteiger partial charge in [-0.25, -0.2) is 0 Å². The van der Waals surface area contributed by atoms with Gasteiger partial charge in [0.05, 0.1) is 38.3 Å². The first-order valence-electron chi connectivity index (χ1n) is 13.0. The van der Waals surface area contributed by atoms with Gasteiger partial charge in [-0.15, -0.1) is 0 Å². The Labute approximate surface area is 238 Å². The minimum Gasteiger partial charge on any atom is -0.493 e. The molecule has 8 nitrogen and oxygen atoms in total. The molecule has 4 aromatic rings. The van der Waals surface area contributed by atoms with Crippen molar-refractivity contribution < 1.29 is 29.2 Å². The lowest BCUT2D eigenvalue weighted by atomic mass is 10.0. The highest BCUT2D eigenvalue weighted by atomic mass is 35.5. The zero-order chi connectivity index (χ0) is 28.6. The molecule has 0 aliphatic rings. The molecule has 0 aliphatic heterocycles. The number of nitrogens with zero attached hydrogens (tertiary/aromatic N) is 2. The van der Waals surface area contributed by atoms with Gasteiger partial charge in [0.2, 0.25) is 0 Å². The molecule has 2 N–H and O–H groups in total. The second-order valence-corrected chi connectivity index (χ2v) is 9.78. The van der Waals surface area contributed by atoms with E-state index in [0.29, 0.717) is 46.4 Å². The number of para-hydroxylation sites is 1. The maximum atomic E-state index is 11.2. The molecule has 0 saturated carbocycles. The number of benzene rings is 3. The van der Waals surface area contributed by atoms with Gasteiger partial charge in [-0.3, -0.25) is 9.48 Å². The minimum absolute atomic E-state index is 0.00551. The topological polar surface area (TPSA) is 103 Å². The number of carboxylic acid groups (broad SMARTS) is 1. The third-order valence-corrected chi connectivity index (χ3v) is 6.78. The zero-order valence-electron chi connectivity index (χ0n) is 22.8. The second kappa shape index (κ2) is 13.4. The molecule has 0 spiro atoms. The molecule has 1 aromatic heterocycles. The van der Waals surface area contributed by atoms with Crippen molar-refractivity contribution in [2.75, 3.05) is 14.2 Å². The predicted molar refractivity (Wildman–Crippen MR) is 154 cm³/mol. The highest BCUT2D eigenvalue weighted by molar-refractivity contribution is 6.30. The van der Waals surface area contributed by atoms with E-state index in [2.05, 4.69) is 0 Å². The summed E-state index contributed by atoms with van der Waals surface area (Å²) in [4.78, 5) is 11.2. The maximum absolute atomic E-state index is 11.2. The third-order valence-electron chi connectivity index (χ3n) is 6.54. The summed E-state index contributed by atoms with van der Waals surface area (Å²) >= 11 is 6.16. The smallest absolute Gasteiger partial charge is 0.303 e. The second-order valence-electron chi connectivity index (χ2n) is 9.34. The third kappa shape index (κ3) is 6.94. The van der Waals surface area contributed by atoms with Crippen LogP contribution in [0.2, 0.25) is 5.02 Å². The Balaban J connectivity index is 1.82. The van der Waals surface area contributed by atoms with Crippen molar-refractivity contribution in [3.05, 3.63) is 82.9 Å². The summed E-state index contributed by atoms with van der Waals surface area (Å²) in [6, 6.07) is 20.6. The largest absolute Gasteiger partial charge is 0.493 e. The van der Waals surface area contributed by atoms with Crippen LogP contribution in [0.4, 0.5) is 0 Å². The highest BCUT2D eigenvalue weighted by Gasteiger charge is 2.21. The van der Waals surface area contributed by atoms with E-state index in [1.54, 1.807) is 25.0 Å². The minimum atomic E-state index is -0.868. The Morgan fingerprint density at radius 3 is 2.48 bits per heavy atom. The first kappa shape index (κ1) is 29.0. The van der Waals surface area contributed by atoms with Gasteiger partial charge in [0.1, 0.15) is 12.4 Å². The molecule has 0 aliphatic carbocycles. The van der Waals surface area contributed by atoms with E-state index in [1.165, 1.54) is 0 Å². The number of aliphatic carboxylic acids is 1. The van der Waals surface area contributed by atoms with E-state index >= 15 is 0 Å². The molecular formula is C31H33ClN2O6. The first-order chi connectivity index (χ1) is 19.3. The molecule has 0 unspecified atom stereocenters. The van der Waals surface area contributed by atoms with Crippen molar-refractivity contribution >= 4 is 17.6 Å². The van der Waals surface area contributed by atoms with Crippen LogP contribution in [0.5, 0.6) is 17.2 Å². The van der Waals surface area contributed by atoms with E-state index in [1.807, 2.05) is 67.6 Å². The van der Waals surface area contributed by atoms with Crippen LogP contribution in [0.1, 0.15) is 30.9 Å². The van der Waals surface area contributed by atoms with Gasteiger partial charge in [0.15, 0.2) is 11.5 Å². The molecule has 1 atom stereocenters. The van der Waals surface area contributed by atoms with Gasteiger partial charge < -0.3 is 24.4 Å². The molecule has 0 bridgehead atoms. The van der Waals surface area contributed by atoms with E-state index < -0.39 is 12.1 Å². The lowest BCUT2D eigenvalue weighted by Gasteiger charge is -2.15. The number of rotatable bonds is 13. The number of aliphatic hydroxyl groups excluding tert-OH is 1. The van der Waals surface area contributed by atoms with Crippen LogP contribution >= 0.6 is 11.6 Å². The molecule has 0 radical (unpaired) electrons. The molecular weight excluding hydrogens is 532 g/mol. The monoisotopic (exact) mass is 564 g/mol. The molecule has 0 saturated heterocycles. The van der Waals surface area contributed by atoms with Crippen LogP contribution in [0.15, 0.2) is 66.7 Å². The predicted octanol–water partition coefficient (Wildman–Crippen LogP) is 6.25. The fourth-order valence-electron chi connectivity index (χ4n) is 4.42. The standard InChI is InChI=1S/C31H33ClN2O6/c1-4-23(35)18-34-27(24-9-6-10-29(38-2)31(24)39-3)17-26(33-34)25-16-20(12-14-30(36)37)11-13-28(25)40-19-21-7-5-8-22(32)15-21/h5-11,13,15-17,23,35H,4,12,14,18-19H2,1-3H3,(H,36,37)/t23-/m1/s1. The summed E-state index contributed by atoms with van der Waals surface area (Å²) in [5.41, 5.74) is 4.56. The summed E-state index contributed by atoms with van der Waals surface area (Å²) in [7, 11) is 3.16. The van der Waals surface area contributed by atoms with Gasteiger partial charge in [-0.05, 0) is 66.4 Å². The van der Waals surface area contributed by atoms with E-state index in [9.17, 15) is 15.0 Å².